The maximum atomic E-state index is 12.7. The summed E-state index contributed by atoms with van der Waals surface area (Å²) in [4.78, 5) is 41.8. The fourth-order valence-corrected chi connectivity index (χ4v) is 4.70. The standard InChI is InChI=1S/C22H22N8O3/c23-20-27-21(24)29(22(28-20)10-4-1-5-11-22)17-12-13(30(32)33)8-9-15(17)18-25-16-7-3-2-6-14(16)19(31)26-18/h2-3,6-9,12H,1,4-5,10-11H2,(H,25,26,31)(H4,23,24,27,28). The number of nitro benzene ring substituents is 1. The summed E-state index contributed by atoms with van der Waals surface area (Å²) in [6.45, 7) is 0. The van der Waals surface area contributed by atoms with Gasteiger partial charge in [-0.3, -0.25) is 19.8 Å². The molecule has 11 nitrogen and oxygen atoms in total. The van der Waals surface area contributed by atoms with Crippen molar-refractivity contribution in [1.82, 2.24) is 9.97 Å². The van der Waals surface area contributed by atoms with Gasteiger partial charge in [-0.2, -0.15) is 4.99 Å². The average Bonchev–Trinajstić information content (AvgIpc) is 2.79. The predicted octanol–water partition coefficient (Wildman–Crippen LogP) is 2.61. The lowest BCUT2D eigenvalue weighted by molar-refractivity contribution is -0.384. The van der Waals surface area contributed by atoms with Crippen LogP contribution in [0, 0.1) is 10.1 Å². The van der Waals surface area contributed by atoms with Gasteiger partial charge >= 0.3 is 0 Å². The summed E-state index contributed by atoms with van der Waals surface area (Å²) < 4.78 is 0. The van der Waals surface area contributed by atoms with E-state index in [2.05, 4.69) is 20.0 Å². The Morgan fingerprint density at radius 1 is 1.09 bits per heavy atom. The molecule has 0 bridgehead atoms. The van der Waals surface area contributed by atoms with E-state index >= 15 is 0 Å². The van der Waals surface area contributed by atoms with Crippen molar-refractivity contribution in [2.75, 3.05) is 4.90 Å². The van der Waals surface area contributed by atoms with Crippen molar-refractivity contribution in [2.24, 2.45) is 21.5 Å². The maximum absolute atomic E-state index is 12.7. The van der Waals surface area contributed by atoms with E-state index in [1.54, 1.807) is 35.2 Å². The zero-order chi connectivity index (χ0) is 23.2. The molecule has 11 heteroatoms. The van der Waals surface area contributed by atoms with Crippen LogP contribution in [-0.4, -0.2) is 32.5 Å². The van der Waals surface area contributed by atoms with Gasteiger partial charge in [-0.05, 0) is 43.9 Å². The number of aromatic nitrogens is 2. The van der Waals surface area contributed by atoms with Crippen LogP contribution in [0.2, 0.25) is 0 Å². The summed E-state index contributed by atoms with van der Waals surface area (Å²) >= 11 is 0. The predicted molar refractivity (Wildman–Crippen MR) is 126 cm³/mol. The van der Waals surface area contributed by atoms with Gasteiger partial charge in [-0.15, -0.1) is 0 Å². The Morgan fingerprint density at radius 3 is 2.61 bits per heavy atom. The largest absolute Gasteiger partial charge is 0.369 e. The van der Waals surface area contributed by atoms with E-state index in [-0.39, 0.29) is 29.0 Å². The van der Waals surface area contributed by atoms with Gasteiger partial charge in [0.2, 0.25) is 11.9 Å². The van der Waals surface area contributed by atoms with Crippen molar-refractivity contribution in [3.63, 3.8) is 0 Å². The molecule has 2 aliphatic rings. The minimum Gasteiger partial charge on any atom is -0.369 e. The first-order valence-electron chi connectivity index (χ1n) is 10.7. The van der Waals surface area contributed by atoms with Crippen LogP contribution < -0.4 is 21.9 Å². The van der Waals surface area contributed by atoms with Crippen LogP contribution in [0.25, 0.3) is 22.3 Å². The summed E-state index contributed by atoms with van der Waals surface area (Å²) in [6.07, 6.45) is 4.16. The molecule has 3 aromatic rings. The molecule has 1 saturated carbocycles. The van der Waals surface area contributed by atoms with Gasteiger partial charge in [0.1, 0.15) is 11.5 Å². The molecule has 5 rings (SSSR count). The average molecular weight is 446 g/mol. The van der Waals surface area contributed by atoms with E-state index in [1.165, 1.54) is 12.1 Å². The van der Waals surface area contributed by atoms with Crippen molar-refractivity contribution >= 4 is 34.2 Å². The highest BCUT2D eigenvalue weighted by molar-refractivity contribution is 6.07. The zero-order valence-corrected chi connectivity index (χ0v) is 17.7. The summed E-state index contributed by atoms with van der Waals surface area (Å²) in [5.41, 5.74) is 12.4. The fourth-order valence-electron chi connectivity index (χ4n) is 4.70. The SMILES string of the molecule is NC1=NC2(CCCCC2)N(c2cc([N+](=O)[O-])ccc2-c2nc3ccccc3c(=O)[nH]2)C(N)=N1. The fraction of sp³-hybridized carbons (Fsp3) is 0.273. The lowest BCUT2D eigenvalue weighted by atomic mass is 9.87. The first-order chi connectivity index (χ1) is 15.9. The van der Waals surface area contributed by atoms with E-state index in [9.17, 15) is 14.9 Å². The molecule has 0 saturated heterocycles. The number of H-pyrrole nitrogens is 1. The second kappa shape index (κ2) is 7.69. The van der Waals surface area contributed by atoms with Gasteiger partial charge in [0.05, 0.1) is 21.5 Å². The normalized spacial score (nSPS) is 17.6. The van der Waals surface area contributed by atoms with Crippen LogP contribution >= 0.6 is 0 Å². The van der Waals surface area contributed by atoms with E-state index in [0.29, 0.717) is 35.0 Å². The summed E-state index contributed by atoms with van der Waals surface area (Å²) in [7, 11) is 0. The summed E-state index contributed by atoms with van der Waals surface area (Å²) in [5, 5.41) is 12.1. The molecule has 2 aromatic carbocycles. The third-order valence-electron chi connectivity index (χ3n) is 6.15. The van der Waals surface area contributed by atoms with Crippen LogP contribution in [-0.2, 0) is 0 Å². The number of para-hydroxylation sites is 1. The van der Waals surface area contributed by atoms with Crippen LogP contribution in [0.3, 0.4) is 0 Å². The molecule has 1 fully saturated rings. The minimum absolute atomic E-state index is 0.0786. The van der Waals surface area contributed by atoms with Crippen molar-refractivity contribution in [3.8, 4) is 11.4 Å². The molecular formula is C22H22N8O3. The highest BCUT2D eigenvalue weighted by atomic mass is 16.6. The number of aromatic amines is 1. The zero-order valence-electron chi connectivity index (χ0n) is 17.7. The Kier molecular flexibility index (Phi) is 4.81. The van der Waals surface area contributed by atoms with Gasteiger partial charge in [-0.25, -0.2) is 9.98 Å². The smallest absolute Gasteiger partial charge is 0.271 e. The van der Waals surface area contributed by atoms with Crippen LogP contribution in [0.5, 0.6) is 0 Å². The number of nitro groups is 1. The lowest BCUT2D eigenvalue weighted by Gasteiger charge is -2.46. The molecule has 5 N–H and O–H groups in total. The molecule has 0 amide bonds. The molecule has 2 heterocycles. The summed E-state index contributed by atoms with van der Waals surface area (Å²) in [6, 6.07) is 11.3. The number of anilines is 1. The highest BCUT2D eigenvalue weighted by Gasteiger charge is 2.44. The summed E-state index contributed by atoms with van der Waals surface area (Å²) in [5.74, 6) is 0.439. The van der Waals surface area contributed by atoms with Crippen molar-refractivity contribution in [1.29, 1.82) is 0 Å². The third kappa shape index (κ3) is 3.47. The second-order valence-electron chi connectivity index (χ2n) is 8.21. The Morgan fingerprint density at radius 2 is 1.85 bits per heavy atom. The number of rotatable bonds is 3. The van der Waals surface area contributed by atoms with Crippen molar-refractivity contribution in [2.45, 2.75) is 37.8 Å². The molecule has 0 unspecified atom stereocenters. The Balaban J connectivity index is 1.77. The molecule has 1 spiro atoms. The maximum Gasteiger partial charge on any atom is 0.271 e. The number of hydrogen-bond donors (Lipinski definition) is 3. The van der Waals surface area contributed by atoms with Crippen molar-refractivity contribution in [3.05, 3.63) is 62.9 Å². The number of benzene rings is 2. The lowest BCUT2D eigenvalue weighted by Crippen LogP contribution is -2.58. The molecule has 33 heavy (non-hydrogen) atoms. The van der Waals surface area contributed by atoms with Crippen LogP contribution in [0.4, 0.5) is 11.4 Å². The van der Waals surface area contributed by atoms with Gasteiger partial charge in [0.15, 0.2) is 0 Å². The first-order valence-corrected chi connectivity index (χ1v) is 10.7. The number of nitrogens with two attached hydrogens (primary N) is 2. The first kappa shape index (κ1) is 20.6. The number of nitrogens with zero attached hydrogens (tertiary/aromatic N) is 5. The van der Waals surface area contributed by atoms with Crippen molar-refractivity contribution < 1.29 is 4.92 Å². The number of guanidine groups is 2. The van der Waals surface area contributed by atoms with Gasteiger partial charge in [0.25, 0.3) is 11.2 Å². The van der Waals surface area contributed by atoms with E-state index < -0.39 is 10.6 Å². The molecule has 0 radical (unpaired) electrons. The van der Waals surface area contributed by atoms with E-state index in [4.69, 9.17) is 11.5 Å². The Hall–Kier alpha value is -4.28. The van der Waals surface area contributed by atoms with E-state index in [1.807, 2.05) is 0 Å². The quantitative estimate of drug-likeness (QED) is 0.410. The monoisotopic (exact) mass is 446 g/mol. The number of fused-ring (bicyclic) bond motifs is 1. The number of hydrogen-bond acceptors (Lipinski definition) is 9. The van der Waals surface area contributed by atoms with Gasteiger partial charge in [-0.1, -0.05) is 18.6 Å². The molecule has 1 aromatic heterocycles. The number of non-ortho nitro benzene ring substituents is 1. The highest BCUT2D eigenvalue weighted by Crippen LogP contribution is 2.43. The number of nitrogens with one attached hydrogen (secondary N) is 1. The molecular weight excluding hydrogens is 424 g/mol. The molecule has 1 aliphatic heterocycles. The van der Waals surface area contributed by atoms with Gasteiger partial charge < -0.3 is 16.5 Å². The molecule has 168 valence electrons. The third-order valence-corrected chi connectivity index (χ3v) is 6.15. The topological polar surface area (TPSA) is 169 Å². The van der Waals surface area contributed by atoms with Gasteiger partial charge in [0, 0.05) is 17.7 Å². The Bertz CT molecular complexity index is 1390. The molecule has 1 aliphatic carbocycles. The molecule has 0 atom stereocenters. The second-order valence-corrected chi connectivity index (χ2v) is 8.21. The van der Waals surface area contributed by atoms with E-state index in [0.717, 1.165) is 19.3 Å². The number of aliphatic imine (C=N–C) groups is 2. The Labute approximate surface area is 188 Å². The van der Waals surface area contributed by atoms with Crippen LogP contribution in [0.1, 0.15) is 32.1 Å². The minimum atomic E-state index is -0.810. The van der Waals surface area contributed by atoms with Crippen LogP contribution in [0.15, 0.2) is 57.2 Å².